The Hall–Kier alpha value is -2.37. The number of rotatable bonds is 6. The van der Waals surface area contributed by atoms with Crippen molar-refractivity contribution in [2.45, 2.75) is 26.4 Å². The topological polar surface area (TPSA) is 43.2 Å². The van der Waals surface area contributed by atoms with Gasteiger partial charge in [-0.2, -0.15) is 5.10 Å². The molecule has 27 heavy (non-hydrogen) atoms. The maximum Gasteiger partial charge on any atom is 0.181 e. The van der Waals surface area contributed by atoms with Gasteiger partial charge in [-0.05, 0) is 63.8 Å². The predicted octanol–water partition coefficient (Wildman–Crippen LogP) is 4.69. The Morgan fingerprint density at radius 3 is 2.33 bits per heavy atom. The third-order valence-corrected chi connectivity index (χ3v) is 4.15. The van der Waals surface area contributed by atoms with Crippen molar-refractivity contribution in [3.8, 4) is 28.5 Å². The first kappa shape index (κ1) is 20.9. The summed E-state index contributed by atoms with van der Waals surface area (Å²) in [4.78, 5) is 7.01. The van der Waals surface area contributed by atoms with Crippen LogP contribution in [0.1, 0.15) is 25.5 Å². The average molecular weight is 387 g/mol. The quantitative estimate of drug-likeness (QED) is 0.616. The molecular weight excluding hydrogens is 360 g/mol. The van der Waals surface area contributed by atoms with Crippen molar-refractivity contribution < 1.29 is 4.74 Å². The van der Waals surface area contributed by atoms with E-state index in [1.165, 1.54) is 5.56 Å². The van der Waals surface area contributed by atoms with Gasteiger partial charge in [-0.3, -0.25) is 0 Å². The van der Waals surface area contributed by atoms with Crippen LogP contribution in [-0.4, -0.2) is 40.9 Å². The fraction of sp³-hybridized carbons (Fsp3) is 0.333. The highest BCUT2D eigenvalue weighted by Gasteiger charge is 2.16. The summed E-state index contributed by atoms with van der Waals surface area (Å²) in [5, 5.41) is 4.76. The Labute approximate surface area is 167 Å². The molecule has 1 heterocycles. The zero-order valence-corrected chi connectivity index (χ0v) is 17.3. The summed E-state index contributed by atoms with van der Waals surface area (Å²) in [5.41, 5.74) is 3.33. The first-order valence-corrected chi connectivity index (χ1v) is 8.83. The molecule has 5 nitrogen and oxygen atoms in total. The van der Waals surface area contributed by atoms with Crippen LogP contribution in [0.25, 0.3) is 22.8 Å². The van der Waals surface area contributed by atoms with E-state index >= 15 is 0 Å². The second-order valence-electron chi connectivity index (χ2n) is 6.96. The molecule has 3 rings (SSSR count). The lowest BCUT2D eigenvalue weighted by molar-refractivity contribution is 0.402. The van der Waals surface area contributed by atoms with E-state index in [2.05, 4.69) is 57.1 Å². The van der Waals surface area contributed by atoms with Crippen LogP contribution in [0, 0.1) is 0 Å². The fourth-order valence-electron chi connectivity index (χ4n) is 2.92. The van der Waals surface area contributed by atoms with Gasteiger partial charge in [0.05, 0.1) is 7.11 Å². The lowest BCUT2D eigenvalue weighted by atomic mass is 10.1. The van der Waals surface area contributed by atoms with Crippen molar-refractivity contribution >= 4 is 12.4 Å². The molecular formula is C21H27ClN4O. The van der Waals surface area contributed by atoms with Crippen LogP contribution in [0.4, 0.5) is 0 Å². The van der Waals surface area contributed by atoms with Crippen LogP contribution in [0.3, 0.4) is 0 Å². The summed E-state index contributed by atoms with van der Waals surface area (Å²) in [6.07, 6.45) is 0. The van der Waals surface area contributed by atoms with E-state index in [1.54, 1.807) is 7.11 Å². The molecule has 0 aliphatic carbocycles. The Balaban J connectivity index is 0.00000261. The molecule has 3 aromatic rings. The Morgan fingerprint density at radius 1 is 1.04 bits per heavy atom. The van der Waals surface area contributed by atoms with Crippen LogP contribution in [0.2, 0.25) is 0 Å². The summed E-state index contributed by atoms with van der Waals surface area (Å²) >= 11 is 0. The Kier molecular flexibility index (Phi) is 6.99. The van der Waals surface area contributed by atoms with Crippen LogP contribution < -0.4 is 4.74 Å². The van der Waals surface area contributed by atoms with Crippen molar-refractivity contribution in [2.24, 2.45) is 0 Å². The highest BCUT2D eigenvalue weighted by Crippen LogP contribution is 2.27. The minimum atomic E-state index is 0. The molecule has 0 fully saturated rings. The van der Waals surface area contributed by atoms with E-state index in [4.69, 9.17) is 14.8 Å². The summed E-state index contributed by atoms with van der Waals surface area (Å²) in [6.45, 7) is 5.15. The van der Waals surface area contributed by atoms with Gasteiger partial charge in [0, 0.05) is 23.7 Å². The van der Waals surface area contributed by atoms with Crippen molar-refractivity contribution in [3.05, 3.63) is 54.1 Å². The molecule has 0 saturated heterocycles. The van der Waals surface area contributed by atoms with Gasteiger partial charge in [-0.1, -0.05) is 18.2 Å². The summed E-state index contributed by atoms with van der Waals surface area (Å²) in [5.74, 6) is 2.45. The van der Waals surface area contributed by atoms with E-state index < -0.39 is 0 Å². The highest BCUT2D eigenvalue weighted by atomic mass is 35.5. The smallest absolute Gasteiger partial charge is 0.181 e. The minimum Gasteiger partial charge on any atom is -0.497 e. The van der Waals surface area contributed by atoms with Crippen LogP contribution in [0.5, 0.6) is 5.75 Å². The zero-order chi connectivity index (χ0) is 18.7. The van der Waals surface area contributed by atoms with E-state index in [-0.39, 0.29) is 18.4 Å². The van der Waals surface area contributed by atoms with Gasteiger partial charge >= 0.3 is 0 Å². The van der Waals surface area contributed by atoms with Crippen molar-refractivity contribution in [2.75, 3.05) is 21.2 Å². The van der Waals surface area contributed by atoms with Crippen molar-refractivity contribution in [3.63, 3.8) is 0 Å². The molecule has 0 spiro atoms. The molecule has 0 radical (unpaired) electrons. The number of aromatic nitrogens is 3. The summed E-state index contributed by atoms with van der Waals surface area (Å²) in [6, 6.07) is 16.6. The molecule has 2 aromatic carbocycles. The molecule has 6 heteroatoms. The molecule has 0 aliphatic rings. The molecule has 0 unspecified atom stereocenters. The summed E-state index contributed by atoms with van der Waals surface area (Å²) in [7, 11) is 5.82. The molecule has 1 aromatic heterocycles. The van der Waals surface area contributed by atoms with Gasteiger partial charge in [0.25, 0.3) is 0 Å². The molecule has 0 N–H and O–H groups in total. The van der Waals surface area contributed by atoms with Gasteiger partial charge in [-0.15, -0.1) is 12.4 Å². The number of methoxy groups -OCH3 is 1. The first-order valence-electron chi connectivity index (χ1n) is 8.83. The lowest BCUT2D eigenvalue weighted by Gasteiger charge is -2.12. The Morgan fingerprint density at radius 2 is 1.74 bits per heavy atom. The van der Waals surface area contributed by atoms with Crippen molar-refractivity contribution in [1.29, 1.82) is 0 Å². The van der Waals surface area contributed by atoms with Crippen LogP contribution in [0.15, 0.2) is 48.5 Å². The maximum atomic E-state index is 5.24. The maximum absolute atomic E-state index is 5.24. The van der Waals surface area contributed by atoms with E-state index in [0.29, 0.717) is 0 Å². The lowest BCUT2D eigenvalue weighted by Crippen LogP contribution is -2.11. The van der Waals surface area contributed by atoms with Gasteiger partial charge < -0.3 is 9.64 Å². The predicted molar refractivity (Wildman–Crippen MR) is 112 cm³/mol. The fourth-order valence-corrected chi connectivity index (χ4v) is 2.92. The minimum absolute atomic E-state index is 0. The summed E-state index contributed by atoms with van der Waals surface area (Å²) < 4.78 is 7.23. The molecule has 0 aliphatic heterocycles. The van der Waals surface area contributed by atoms with Gasteiger partial charge in [0.1, 0.15) is 5.75 Å². The van der Waals surface area contributed by atoms with E-state index in [9.17, 15) is 0 Å². The number of nitrogens with zero attached hydrogens (tertiary/aromatic N) is 4. The van der Waals surface area contributed by atoms with Crippen molar-refractivity contribution in [1.82, 2.24) is 19.7 Å². The third kappa shape index (κ3) is 4.87. The normalized spacial score (nSPS) is 10.9. The van der Waals surface area contributed by atoms with E-state index in [0.717, 1.165) is 35.1 Å². The highest BCUT2D eigenvalue weighted by molar-refractivity contribution is 5.85. The largest absolute Gasteiger partial charge is 0.497 e. The molecule has 0 bridgehead atoms. The average Bonchev–Trinajstić information content (AvgIpc) is 3.07. The molecule has 0 saturated carbocycles. The SMILES string of the molecule is COc1ccc(-c2nc(-c3cccc(CN(C)C)c3)n(C(C)C)n2)cc1.Cl. The standard InChI is InChI=1S/C21H26N4O.ClH/c1-15(2)25-21(18-8-6-7-16(13-18)14-24(3)4)22-20(23-25)17-9-11-19(26-5)12-10-17;/h6-13,15H,14H2,1-5H3;1H. The number of ether oxygens (including phenoxy) is 1. The monoisotopic (exact) mass is 386 g/mol. The number of benzene rings is 2. The third-order valence-electron chi connectivity index (χ3n) is 4.15. The second kappa shape index (κ2) is 9.02. The van der Waals surface area contributed by atoms with E-state index in [1.807, 2.05) is 28.9 Å². The van der Waals surface area contributed by atoms with Crippen LogP contribution in [-0.2, 0) is 6.54 Å². The zero-order valence-electron chi connectivity index (χ0n) is 16.5. The van der Waals surface area contributed by atoms with Gasteiger partial charge in [-0.25, -0.2) is 9.67 Å². The van der Waals surface area contributed by atoms with Gasteiger partial charge in [0.2, 0.25) is 0 Å². The molecule has 144 valence electrons. The number of hydrogen-bond acceptors (Lipinski definition) is 4. The van der Waals surface area contributed by atoms with Crippen LogP contribution >= 0.6 is 12.4 Å². The molecule has 0 atom stereocenters. The Bertz CT molecular complexity index is 872. The number of hydrogen-bond donors (Lipinski definition) is 0. The second-order valence-corrected chi connectivity index (χ2v) is 6.96. The van der Waals surface area contributed by atoms with Gasteiger partial charge in [0.15, 0.2) is 11.6 Å². The number of halogens is 1. The first-order chi connectivity index (χ1) is 12.5. The molecule has 0 amide bonds.